The van der Waals surface area contributed by atoms with Crippen LogP contribution in [0.1, 0.15) is 18.4 Å². The summed E-state index contributed by atoms with van der Waals surface area (Å²) in [5, 5.41) is 0.550. The summed E-state index contributed by atoms with van der Waals surface area (Å²) in [6.07, 6.45) is 2.61. The smallest absolute Gasteiger partial charge is 0.124 e. The molecule has 4 rings (SSSR count). The van der Waals surface area contributed by atoms with E-state index in [9.17, 15) is 4.39 Å². The Kier molecular flexibility index (Phi) is 3.79. The third-order valence-electron chi connectivity index (χ3n) is 4.40. The maximum absolute atomic E-state index is 13.1. The van der Waals surface area contributed by atoms with Gasteiger partial charge in [0.25, 0.3) is 0 Å². The van der Waals surface area contributed by atoms with Gasteiger partial charge in [-0.1, -0.05) is 17.7 Å². The van der Waals surface area contributed by atoms with Gasteiger partial charge in [0, 0.05) is 37.2 Å². The highest BCUT2D eigenvalue weighted by Gasteiger charge is 2.33. The first-order valence-corrected chi connectivity index (χ1v) is 7.36. The normalized spacial score (nSPS) is 28.6. The molecule has 19 heavy (non-hydrogen) atoms. The van der Waals surface area contributed by atoms with Crippen LogP contribution >= 0.6 is 11.6 Å². The average Bonchev–Trinajstić information content (AvgIpc) is 2.61. The molecule has 3 aliphatic heterocycles. The summed E-state index contributed by atoms with van der Waals surface area (Å²) < 4.78 is 13.1. The fourth-order valence-electron chi connectivity index (χ4n) is 3.48. The highest BCUT2D eigenvalue weighted by atomic mass is 35.5. The van der Waals surface area contributed by atoms with Gasteiger partial charge in [-0.25, -0.2) is 4.39 Å². The third-order valence-corrected chi connectivity index (χ3v) is 4.75. The molecule has 4 heteroatoms. The molecule has 3 saturated heterocycles. The molecule has 0 amide bonds. The van der Waals surface area contributed by atoms with Crippen molar-refractivity contribution in [2.45, 2.75) is 25.4 Å². The van der Waals surface area contributed by atoms with Crippen LogP contribution in [0.15, 0.2) is 18.2 Å². The molecule has 3 heterocycles. The van der Waals surface area contributed by atoms with Gasteiger partial charge in [0.15, 0.2) is 0 Å². The van der Waals surface area contributed by atoms with E-state index in [0.717, 1.165) is 31.1 Å². The lowest BCUT2D eigenvalue weighted by Crippen LogP contribution is -2.43. The second kappa shape index (κ2) is 5.39. The number of halogens is 2. The van der Waals surface area contributed by atoms with E-state index in [1.807, 2.05) is 6.07 Å². The van der Waals surface area contributed by atoms with Crippen molar-refractivity contribution in [1.29, 1.82) is 0 Å². The number of piperidine rings is 1. The number of benzene rings is 1. The second-order valence-corrected chi connectivity index (χ2v) is 6.39. The van der Waals surface area contributed by atoms with Gasteiger partial charge in [-0.3, -0.25) is 4.90 Å². The monoisotopic (exact) mass is 282 g/mol. The molecule has 0 N–H and O–H groups in total. The first-order chi connectivity index (χ1) is 9.11. The third kappa shape index (κ3) is 2.93. The molecule has 3 fully saturated rings. The van der Waals surface area contributed by atoms with Crippen LogP contribution < -0.4 is 0 Å². The Hall–Kier alpha value is -0.640. The summed E-state index contributed by atoms with van der Waals surface area (Å²) in [6, 6.07) is 5.35. The molecule has 2 bridgehead atoms. The van der Waals surface area contributed by atoms with E-state index in [-0.39, 0.29) is 5.82 Å². The molecule has 1 aromatic carbocycles. The zero-order chi connectivity index (χ0) is 13.4. The van der Waals surface area contributed by atoms with Gasteiger partial charge in [-0.05, 0) is 43.5 Å². The Bertz CT molecular complexity index is 465. The van der Waals surface area contributed by atoms with Crippen LogP contribution in [0.5, 0.6) is 0 Å². The zero-order valence-electron chi connectivity index (χ0n) is 11.3. The number of fused-ring (bicyclic) bond motifs is 4. The Balaban J connectivity index is 1.76. The van der Waals surface area contributed by atoms with Gasteiger partial charge >= 0.3 is 0 Å². The maximum atomic E-state index is 13.1. The van der Waals surface area contributed by atoms with Crippen LogP contribution in [-0.2, 0) is 6.54 Å². The van der Waals surface area contributed by atoms with Crippen molar-refractivity contribution in [2.75, 3.05) is 26.7 Å². The predicted octanol–water partition coefficient (Wildman–Crippen LogP) is 3.01. The highest BCUT2D eigenvalue weighted by molar-refractivity contribution is 6.31. The van der Waals surface area contributed by atoms with Crippen molar-refractivity contribution in [2.24, 2.45) is 5.92 Å². The lowest BCUT2D eigenvalue weighted by molar-refractivity contribution is 0.124. The first kappa shape index (κ1) is 13.3. The fourth-order valence-corrected chi connectivity index (χ4v) is 3.70. The molecule has 3 aliphatic rings. The SMILES string of the molecule is CN1C[C@@H]2CC[C@H](C1)N(Cc1ccc(F)cc1Cl)C2. The van der Waals surface area contributed by atoms with Crippen molar-refractivity contribution < 1.29 is 4.39 Å². The van der Waals surface area contributed by atoms with Crippen LogP contribution in [0, 0.1) is 11.7 Å². The van der Waals surface area contributed by atoms with Crippen LogP contribution in [0.2, 0.25) is 5.02 Å². The minimum atomic E-state index is -0.258. The van der Waals surface area contributed by atoms with Crippen molar-refractivity contribution in [1.82, 2.24) is 9.80 Å². The van der Waals surface area contributed by atoms with E-state index in [4.69, 9.17) is 11.6 Å². The molecule has 0 aromatic heterocycles. The van der Waals surface area contributed by atoms with E-state index in [1.54, 1.807) is 0 Å². The number of rotatable bonds is 2. The van der Waals surface area contributed by atoms with Gasteiger partial charge < -0.3 is 4.90 Å². The Morgan fingerprint density at radius 2 is 2.11 bits per heavy atom. The van der Waals surface area contributed by atoms with Crippen molar-refractivity contribution in [3.05, 3.63) is 34.6 Å². The fraction of sp³-hybridized carbons (Fsp3) is 0.600. The summed E-state index contributed by atoms with van der Waals surface area (Å²) >= 11 is 6.14. The highest BCUT2D eigenvalue weighted by Crippen LogP contribution is 2.30. The Morgan fingerprint density at radius 3 is 2.89 bits per heavy atom. The standard InChI is InChI=1S/C15H20ClFN2/c1-18-7-11-2-5-14(10-18)19(8-11)9-12-3-4-13(17)6-15(12)16/h3-4,6,11,14H,2,5,7-10H2,1H3/t11-,14+/m0/s1. The van der Waals surface area contributed by atoms with E-state index in [0.29, 0.717) is 11.1 Å². The van der Waals surface area contributed by atoms with Gasteiger partial charge in [-0.2, -0.15) is 0 Å². The van der Waals surface area contributed by atoms with Crippen LogP contribution in [0.25, 0.3) is 0 Å². The Morgan fingerprint density at radius 1 is 1.26 bits per heavy atom. The van der Waals surface area contributed by atoms with Gasteiger partial charge in [0.05, 0.1) is 0 Å². The molecule has 0 radical (unpaired) electrons. The summed E-state index contributed by atoms with van der Waals surface area (Å²) in [7, 11) is 2.21. The summed E-state index contributed by atoms with van der Waals surface area (Å²) in [5.74, 6) is 0.508. The molecule has 0 spiro atoms. The van der Waals surface area contributed by atoms with E-state index >= 15 is 0 Å². The maximum Gasteiger partial charge on any atom is 0.124 e. The summed E-state index contributed by atoms with van der Waals surface area (Å²) in [4.78, 5) is 4.96. The molecule has 2 nitrogen and oxygen atoms in total. The number of hydrogen-bond donors (Lipinski definition) is 0. The lowest BCUT2D eigenvalue weighted by atomic mass is 9.94. The quantitative estimate of drug-likeness (QED) is 0.823. The summed E-state index contributed by atoms with van der Waals surface area (Å²) in [6.45, 7) is 4.32. The topological polar surface area (TPSA) is 6.48 Å². The molecule has 0 aliphatic carbocycles. The number of likely N-dealkylation sites (N-methyl/N-ethyl adjacent to an activating group) is 1. The number of hydrogen-bond acceptors (Lipinski definition) is 2. The van der Waals surface area contributed by atoms with E-state index in [2.05, 4.69) is 16.8 Å². The average molecular weight is 283 g/mol. The van der Waals surface area contributed by atoms with Crippen LogP contribution in [-0.4, -0.2) is 42.5 Å². The first-order valence-electron chi connectivity index (χ1n) is 6.98. The predicted molar refractivity (Wildman–Crippen MR) is 75.8 cm³/mol. The molecule has 1 aromatic rings. The van der Waals surface area contributed by atoms with E-state index in [1.165, 1.54) is 31.5 Å². The van der Waals surface area contributed by atoms with Gasteiger partial charge in [0.2, 0.25) is 0 Å². The minimum Gasteiger partial charge on any atom is -0.304 e. The second-order valence-electron chi connectivity index (χ2n) is 5.98. The van der Waals surface area contributed by atoms with Gasteiger partial charge in [0.1, 0.15) is 5.82 Å². The zero-order valence-corrected chi connectivity index (χ0v) is 12.0. The van der Waals surface area contributed by atoms with Crippen molar-refractivity contribution >= 4 is 11.6 Å². The Labute approximate surface area is 119 Å². The largest absolute Gasteiger partial charge is 0.304 e. The minimum absolute atomic E-state index is 0.258. The van der Waals surface area contributed by atoms with Gasteiger partial charge in [-0.15, -0.1) is 0 Å². The van der Waals surface area contributed by atoms with Crippen molar-refractivity contribution in [3.63, 3.8) is 0 Å². The molecular formula is C15H20ClFN2. The van der Waals surface area contributed by atoms with Crippen LogP contribution in [0.3, 0.4) is 0 Å². The molecule has 0 saturated carbocycles. The lowest BCUT2D eigenvalue weighted by Gasteiger charge is -2.36. The van der Waals surface area contributed by atoms with Crippen LogP contribution in [0.4, 0.5) is 4.39 Å². The number of nitrogens with zero attached hydrogens (tertiary/aromatic N) is 2. The van der Waals surface area contributed by atoms with Crippen molar-refractivity contribution in [3.8, 4) is 0 Å². The molecule has 2 atom stereocenters. The molecule has 104 valence electrons. The summed E-state index contributed by atoms with van der Waals surface area (Å²) in [5.41, 5.74) is 1.04. The molecular weight excluding hydrogens is 263 g/mol. The van der Waals surface area contributed by atoms with E-state index < -0.39 is 0 Å². The molecule has 0 unspecified atom stereocenters.